The van der Waals surface area contributed by atoms with Crippen LogP contribution in [0.1, 0.15) is 51.4 Å². The van der Waals surface area contributed by atoms with Crippen LogP contribution in [-0.4, -0.2) is 5.97 Å². The quantitative estimate of drug-likeness (QED) is 0.440. The Morgan fingerprint density at radius 3 is 1.95 bits per heavy atom. The second-order valence-electron chi connectivity index (χ2n) is 5.60. The molecule has 0 aliphatic heterocycles. The maximum atomic E-state index is 11.3. The van der Waals surface area contributed by atoms with E-state index in [2.05, 4.69) is 6.58 Å². The van der Waals surface area contributed by atoms with E-state index < -0.39 is 19.5 Å². The van der Waals surface area contributed by atoms with Crippen molar-refractivity contribution in [3.63, 3.8) is 0 Å². The molecule has 0 aromatic carbocycles. The van der Waals surface area contributed by atoms with Gasteiger partial charge in [0.25, 0.3) is 0 Å². The van der Waals surface area contributed by atoms with Crippen molar-refractivity contribution < 1.29 is 52.5 Å². The Kier molecular flexibility index (Phi) is 7.77. The van der Waals surface area contributed by atoms with E-state index in [1.165, 1.54) is 57.4 Å². The molecular weight excluding hydrogens is 343 g/mol. The maximum absolute atomic E-state index is 11.3. The number of carbonyl (C=O) groups excluding carboxylic acids is 1. The van der Waals surface area contributed by atoms with Gasteiger partial charge in [-0.15, -0.1) is 0 Å². The largest absolute Gasteiger partial charge is 1.00 e. The second kappa shape index (κ2) is 8.57. The first-order valence-electron chi connectivity index (χ1n) is 7.34. The van der Waals surface area contributed by atoms with Crippen molar-refractivity contribution in [1.82, 2.24) is 0 Å². The van der Waals surface area contributed by atoms with Crippen LogP contribution in [0.25, 0.3) is 0 Å². The average molecular weight is 363 g/mol. The van der Waals surface area contributed by atoms with Crippen LogP contribution >= 0.6 is 0 Å². The zero-order valence-corrected chi connectivity index (χ0v) is 15.2. The number of carbonyl (C=O) groups is 1. The van der Waals surface area contributed by atoms with Gasteiger partial charge in [0.1, 0.15) is 0 Å². The van der Waals surface area contributed by atoms with E-state index in [1.54, 1.807) is 22.3 Å². The predicted octanol–water partition coefficient (Wildman–Crippen LogP) is -1.74. The predicted molar refractivity (Wildman–Crippen MR) is 71.0 cm³/mol. The molecule has 0 heterocycles. The van der Waals surface area contributed by atoms with Crippen molar-refractivity contribution >= 4 is 5.97 Å². The van der Waals surface area contributed by atoms with Crippen LogP contribution in [0.3, 0.4) is 0 Å². The summed E-state index contributed by atoms with van der Waals surface area (Å²) in [6, 6.07) is 0. The SMILES string of the molecule is C=CC(=O)[O][Ti+2][CH]1C2=C(CCCC2)C2=C1CCCC2.[Cl-].[Cl-]. The van der Waals surface area contributed by atoms with Crippen LogP contribution in [0.4, 0.5) is 0 Å². The molecule has 5 heteroatoms. The van der Waals surface area contributed by atoms with Gasteiger partial charge in [-0.25, -0.2) is 0 Å². The summed E-state index contributed by atoms with van der Waals surface area (Å²) < 4.78 is 6.00. The number of hydrogen-bond acceptors (Lipinski definition) is 2. The Hall–Kier alpha value is -0.0157. The minimum absolute atomic E-state index is 0. The summed E-state index contributed by atoms with van der Waals surface area (Å²) in [5.74, 6) is -0.234. The minimum Gasteiger partial charge on any atom is -1.00 e. The van der Waals surface area contributed by atoms with Crippen LogP contribution in [-0.2, 0) is 27.7 Å². The number of hydrogen-bond donors (Lipinski definition) is 0. The molecule has 0 radical (unpaired) electrons. The summed E-state index contributed by atoms with van der Waals surface area (Å²) in [5.41, 5.74) is 6.64. The third-order valence-electron chi connectivity index (χ3n) is 4.53. The number of rotatable bonds is 3. The van der Waals surface area contributed by atoms with Gasteiger partial charge < -0.3 is 24.8 Å². The molecule has 21 heavy (non-hydrogen) atoms. The van der Waals surface area contributed by atoms with Gasteiger partial charge in [0, 0.05) is 0 Å². The first kappa shape index (κ1) is 19.0. The molecule has 0 atom stereocenters. The summed E-state index contributed by atoms with van der Waals surface area (Å²) in [4.78, 5) is 11.3. The van der Waals surface area contributed by atoms with Crippen LogP contribution in [0, 0.1) is 0 Å². The normalized spacial score (nSPS) is 20.6. The maximum Gasteiger partial charge on any atom is -1.00 e. The van der Waals surface area contributed by atoms with Crippen molar-refractivity contribution in [2.75, 3.05) is 0 Å². The molecule has 2 nitrogen and oxygen atoms in total. The van der Waals surface area contributed by atoms with Crippen molar-refractivity contribution in [2.45, 2.75) is 55.6 Å². The van der Waals surface area contributed by atoms with Gasteiger partial charge in [0.05, 0.1) is 0 Å². The van der Waals surface area contributed by atoms with Crippen molar-refractivity contribution in [1.29, 1.82) is 0 Å². The van der Waals surface area contributed by atoms with Gasteiger partial charge in [0.2, 0.25) is 0 Å². The zero-order valence-electron chi connectivity index (χ0n) is 12.1. The van der Waals surface area contributed by atoms with Crippen LogP contribution in [0.2, 0.25) is 4.22 Å². The molecule has 0 bridgehead atoms. The average Bonchev–Trinajstić information content (AvgIpc) is 2.79. The van der Waals surface area contributed by atoms with E-state index in [0.717, 1.165) is 0 Å². The summed E-state index contributed by atoms with van der Waals surface area (Å²) in [6.07, 6.45) is 11.6. The zero-order chi connectivity index (χ0) is 13.2. The number of fused-ring (bicyclic) bond motifs is 1. The summed E-state index contributed by atoms with van der Waals surface area (Å²) in [5, 5.41) is 0. The fourth-order valence-corrected chi connectivity index (χ4v) is 5.63. The van der Waals surface area contributed by atoms with Gasteiger partial charge in [-0.05, 0) is 0 Å². The Morgan fingerprint density at radius 1 is 1.00 bits per heavy atom. The van der Waals surface area contributed by atoms with Gasteiger partial charge in [-0.1, -0.05) is 0 Å². The van der Waals surface area contributed by atoms with E-state index in [-0.39, 0.29) is 30.8 Å². The molecule has 3 aliphatic rings. The van der Waals surface area contributed by atoms with E-state index in [1.807, 2.05) is 0 Å². The van der Waals surface area contributed by atoms with Crippen molar-refractivity contribution in [3.8, 4) is 0 Å². The summed E-state index contributed by atoms with van der Waals surface area (Å²) >= 11 is -0.702. The third-order valence-corrected chi connectivity index (χ3v) is 6.48. The molecule has 0 amide bonds. The Bertz CT molecular complexity index is 451. The van der Waals surface area contributed by atoms with Crippen LogP contribution in [0.5, 0.6) is 0 Å². The first-order chi connectivity index (χ1) is 9.31. The standard InChI is InChI=1S/C13H17.C3H4O2.2ClH.Ti/c1-3-7-12-10(5-1)9-11-6-2-4-8-13(11)12;1-2-3(4)5;;;/h9H,1-8H2;2H,1H2,(H,4,5);2*1H;/q;;;;+3/p-3. The Labute approximate surface area is 148 Å². The molecule has 0 N–H and O–H groups in total. The van der Waals surface area contributed by atoms with Gasteiger partial charge >= 0.3 is 124 Å². The minimum atomic E-state index is -0.702. The van der Waals surface area contributed by atoms with Crippen LogP contribution in [0.15, 0.2) is 34.9 Å². The monoisotopic (exact) mass is 362 g/mol. The molecule has 0 saturated heterocycles. The number of allylic oxidation sites excluding steroid dienone is 4. The smallest absolute Gasteiger partial charge is 1.00 e. The van der Waals surface area contributed by atoms with E-state index in [9.17, 15) is 4.79 Å². The molecule has 114 valence electrons. The third kappa shape index (κ3) is 3.85. The fourth-order valence-electron chi connectivity index (χ4n) is 3.70. The molecule has 0 aromatic rings. The van der Waals surface area contributed by atoms with Gasteiger partial charge in [-0.2, -0.15) is 0 Å². The van der Waals surface area contributed by atoms with E-state index in [4.69, 9.17) is 3.32 Å². The summed E-state index contributed by atoms with van der Waals surface area (Å²) in [6.45, 7) is 3.49. The van der Waals surface area contributed by atoms with E-state index >= 15 is 0 Å². The van der Waals surface area contributed by atoms with Crippen molar-refractivity contribution in [3.05, 3.63) is 34.9 Å². The van der Waals surface area contributed by atoms with Crippen LogP contribution < -0.4 is 24.8 Å². The fraction of sp³-hybridized carbons (Fsp3) is 0.562. The molecule has 0 fully saturated rings. The number of halogens is 2. The molecule has 0 spiro atoms. The molecular formula is C16H20Cl2O2Ti. The molecule has 3 aliphatic carbocycles. The molecule has 0 unspecified atom stereocenters. The first-order valence-corrected chi connectivity index (χ1v) is 8.88. The summed E-state index contributed by atoms with van der Waals surface area (Å²) in [7, 11) is 0. The Balaban J connectivity index is 0.00000110. The topological polar surface area (TPSA) is 26.3 Å². The Morgan fingerprint density at radius 2 is 1.48 bits per heavy atom. The van der Waals surface area contributed by atoms with Gasteiger partial charge in [0.15, 0.2) is 0 Å². The molecule has 3 rings (SSSR count). The molecule has 0 saturated carbocycles. The van der Waals surface area contributed by atoms with Crippen molar-refractivity contribution in [2.24, 2.45) is 0 Å². The second-order valence-corrected chi connectivity index (χ2v) is 7.19. The molecule has 0 aromatic heterocycles. The van der Waals surface area contributed by atoms with E-state index in [0.29, 0.717) is 4.22 Å². The van der Waals surface area contributed by atoms with Gasteiger partial charge in [-0.3, -0.25) is 0 Å².